The molecule has 5 nitrogen and oxygen atoms in total. The van der Waals surface area contributed by atoms with Crippen molar-refractivity contribution in [1.29, 1.82) is 0 Å². The molecule has 0 fully saturated rings. The van der Waals surface area contributed by atoms with Gasteiger partial charge in [0.2, 0.25) is 9.84 Å². The van der Waals surface area contributed by atoms with Gasteiger partial charge < -0.3 is 10.4 Å². The number of carbonyl (C=O) groups is 1. The fraction of sp³-hybridized carbons (Fsp3) is 0.300. The van der Waals surface area contributed by atoms with Crippen molar-refractivity contribution in [2.24, 2.45) is 0 Å². The summed E-state index contributed by atoms with van der Waals surface area (Å²) in [7, 11) is -4.77. The average Bonchev–Trinajstić information content (AvgIpc) is 2.29. The van der Waals surface area contributed by atoms with Gasteiger partial charge in [-0.25, -0.2) is 8.42 Å². The highest BCUT2D eigenvalue weighted by atomic mass is 32.2. The third-order valence-corrected chi connectivity index (χ3v) is 3.61. The summed E-state index contributed by atoms with van der Waals surface area (Å²) in [5.74, 6) is -4.78. The number of carboxylic acids is 1. The molecule has 1 unspecified atom stereocenters. The molecule has 0 bridgehead atoms. The minimum atomic E-state index is -4.77. The normalized spacial score (nSPS) is 13.3. The van der Waals surface area contributed by atoms with E-state index < -0.39 is 32.5 Å². The maximum atomic E-state index is 12.4. The van der Waals surface area contributed by atoms with Crippen LogP contribution >= 0.6 is 0 Å². The Hall–Kier alpha value is -1.70. The molecule has 0 spiro atoms. The zero-order valence-electron chi connectivity index (χ0n) is 9.30. The lowest BCUT2D eigenvalue weighted by Gasteiger charge is -2.14. The van der Waals surface area contributed by atoms with Gasteiger partial charge in [-0.15, -0.1) is 0 Å². The number of halogens is 2. The molecule has 0 saturated carbocycles. The van der Waals surface area contributed by atoms with Crippen molar-refractivity contribution in [1.82, 2.24) is 0 Å². The second-order valence-electron chi connectivity index (χ2n) is 3.51. The van der Waals surface area contributed by atoms with E-state index in [-0.39, 0.29) is 5.69 Å². The van der Waals surface area contributed by atoms with Crippen LogP contribution in [-0.2, 0) is 14.6 Å². The van der Waals surface area contributed by atoms with E-state index in [0.29, 0.717) is 0 Å². The summed E-state index contributed by atoms with van der Waals surface area (Å²) < 4.78 is 47.6. The molecule has 0 amide bonds. The van der Waals surface area contributed by atoms with Crippen molar-refractivity contribution in [2.75, 3.05) is 5.32 Å². The van der Waals surface area contributed by atoms with Crippen molar-refractivity contribution < 1.29 is 27.1 Å². The number of aliphatic carboxylic acids is 1. The van der Waals surface area contributed by atoms with E-state index in [1.165, 1.54) is 25.1 Å². The highest BCUT2D eigenvalue weighted by molar-refractivity contribution is 7.91. The molecule has 0 radical (unpaired) electrons. The highest BCUT2D eigenvalue weighted by Gasteiger charge is 2.29. The first-order valence-corrected chi connectivity index (χ1v) is 6.42. The van der Waals surface area contributed by atoms with Crippen LogP contribution in [0.4, 0.5) is 14.5 Å². The van der Waals surface area contributed by atoms with Gasteiger partial charge in [-0.1, -0.05) is 12.1 Å². The second-order valence-corrected chi connectivity index (χ2v) is 5.39. The van der Waals surface area contributed by atoms with E-state index in [1.54, 1.807) is 0 Å². The number of sulfone groups is 1. The predicted molar refractivity (Wildman–Crippen MR) is 60.4 cm³/mol. The largest absolute Gasteiger partial charge is 0.480 e. The van der Waals surface area contributed by atoms with Gasteiger partial charge in [0.15, 0.2) is 0 Å². The van der Waals surface area contributed by atoms with Gasteiger partial charge in [-0.05, 0) is 19.1 Å². The molecular formula is C10H11F2NO4S. The van der Waals surface area contributed by atoms with E-state index in [0.717, 1.165) is 6.07 Å². The summed E-state index contributed by atoms with van der Waals surface area (Å²) in [5, 5.41) is 11.0. The average molecular weight is 279 g/mol. The molecule has 2 N–H and O–H groups in total. The number of hydrogen-bond donors (Lipinski definition) is 2. The lowest BCUT2D eigenvalue weighted by Crippen LogP contribution is -2.26. The lowest BCUT2D eigenvalue weighted by molar-refractivity contribution is -0.137. The van der Waals surface area contributed by atoms with Crippen LogP contribution in [0.1, 0.15) is 6.92 Å². The minimum Gasteiger partial charge on any atom is -0.480 e. The van der Waals surface area contributed by atoms with Crippen LogP contribution < -0.4 is 5.32 Å². The minimum absolute atomic E-state index is 0.160. The van der Waals surface area contributed by atoms with Gasteiger partial charge in [0.1, 0.15) is 6.04 Å². The van der Waals surface area contributed by atoms with Crippen molar-refractivity contribution >= 4 is 21.5 Å². The first kappa shape index (κ1) is 14.4. The third-order valence-electron chi connectivity index (χ3n) is 2.17. The SMILES string of the molecule is CC(Nc1ccccc1S(=O)(=O)C(F)F)C(=O)O. The first-order chi connectivity index (χ1) is 8.26. The van der Waals surface area contributed by atoms with Crippen molar-refractivity contribution in [3.63, 3.8) is 0 Å². The molecule has 1 rings (SSSR count). The molecule has 0 aliphatic carbocycles. The van der Waals surface area contributed by atoms with Gasteiger partial charge in [-0.3, -0.25) is 4.79 Å². The summed E-state index contributed by atoms with van der Waals surface area (Å²) in [6.45, 7) is 1.27. The van der Waals surface area contributed by atoms with E-state index in [1.807, 2.05) is 0 Å². The number of rotatable bonds is 5. The Balaban J connectivity index is 3.20. The van der Waals surface area contributed by atoms with Crippen LogP contribution in [0.2, 0.25) is 0 Å². The number of anilines is 1. The summed E-state index contributed by atoms with van der Waals surface area (Å²) in [6, 6.07) is 3.83. The van der Waals surface area contributed by atoms with E-state index >= 15 is 0 Å². The third kappa shape index (κ3) is 2.95. The molecule has 1 atom stereocenters. The van der Waals surface area contributed by atoms with Crippen LogP contribution in [0.15, 0.2) is 29.2 Å². The standard InChI is InChI=1S/C10H11F2NO4S/c1-6(9(14)15)13-7-4-2-3-5-8(7)18(16,17)10(11)12/h2-6,10,13H,1H3,(H,14,15). The molecule has 0 heterocycles. The van der Waals surface area contributed by atoms with Crippen LogP contribution in [0, 0.1) is 0 Å². The number of para-hydroxylation sites is 1. The topological polar surface area (TPSA) is 83.5 Å². The quantitative estimate of drug-likeness (QED) is 0.854. The number of carboxylic acid groups (broad SMARTS) is 1. The Bertz CT molecular complexity index is 545. The zero-order valence-corrected chi connectivity index (χ0v) is 10.1. The second kappa shape index (κ2) is 5.30. The molecule has 0 aromatic heterocycles. The molecule has 100 valence electrons. The number of alkyl halides is 2. The van der Waals surface area contributed by atoms with Crippen molar-refractivity contribution in [3.8, 4) is 0 Å². The van der Waals surface area contributed by atoms with Crippen molar-refractivity contribution in [3.05, 3.63) is 24.3 Å². The van der Waals surface area contributed by atoms with Crippen LogP contribution in [0.5, 0.6) is 0 Å². The van der Waals surface area contributed by atoms with E-state index in [9.17, 15) is 22.0 Å². The zero-order chi connectivity index (χ0) is 13.9. The van der Waals surface area contributed by atoms with E-state index in [4.69, 9.17) is 5.11 Å². The lowest BCUT2D eigenvalue weighted by atomic mass is 10.2. The monoisotopic (exact) mass is 279 g/mol. The summed E-state index contributed by atoms with van der Waals surface area (Å²) in [4.78, 5) is 10.0. The first-order valence-electron chi connectivity index (χ1n) is 4.87. The smallest absolute Gasteiger partial charge is 0.341 e. The van der Waals surface area contributed by atoms with Gasteiger partial charge in [0, 0.05) is 0 Å². The van der Waals surface area contributed by atoms with Crippen LogP contribution in [0.3, 0.4) is 0 Å². The van der Waals surface area contributed by atoms with Crippen LogP contribution in [-0.4, -0.2) is 31.3 Å². The van der Waals surface area contributed by atoms with Crippen LogP contribution in [0.25, 0.3) is 0 Å². The fourth-order valence-electron chi connectivity index (χ4n) is 1.22. The molecule has 0 saturated heterocycles. The Labute approximate surface area is 102 Å². The number of benzene rings is 1. The molecule has 18 heavy (non-hydrogen) atoms. The Morgan fingerprint density at radius 2 is 1.89 bits per heavy atom. The predicted octanol–water partition coefficient (Wildman–Crippen LogP) is 1.57. The molecule has 8 heteroatoms. The summed E-state index contributed by atoms with van der Waals surface area (Å²) >= 11 is 0. The molecular weight excluding hydrogens is 268 g/mol. The molecule has 0 aliphatic heterocycles. The Kier molecular flexibility index (Phi) is 4.23. The Morgan fingerprint density at radius 3 is 2.39 bits per heavy atom. The molecule has 1 aromatic carbocycles. The summed E-state index contributed by atoms with van der Waals surface area (Å²) in [6.07, 6.45) is 0. The van der Waals surface area contributed by atoms with Gasteiger partial charge in [-0.2, -0.15) is 8.78 Å². The maximum absolute atomic E-state index is 12.4. The fourth-order valence-corrected chi connectivity index (χ4v) is 2.12. The van der Waals surface area contributed by atoms with E-state index in [2.05, 4.69) is 5.32 Å². The van der Waals surface area contributed by atoms with Gasteiger partial charge >= 0.3 is 11.7 Å². The van der Waals surface area contributed by atoms with Crippen molar-refractivity contribution in [2.45, 2.75) is 23.6 Å². The van der Waals surface area contributed by atoms with Gasteiger partial charge in [0.05, 0.1) is 10.6 Å². The summed E-state index contributed by atoms with van der Waals surface area (Å²) in [5.41, 5.74) is -0.160. The number of hydrogen-bond acceptors (Lipinski definition) is 4. The maximum Gasteiger partial charge on any atom is 0.341 e. The highest BCUT2D eigenvalue weighted by Crippen LogP contribution is 2.26. The Morgan fingerprint density at radius 1 is 1.33 bits per heavy atom. The number of nitrogens with one attached hydrogen (secondary N) is 1. The molecule has 0 aliphatic rings. The van der Waals surface area contributed by atoms with Gasteiger partial charge in [0.25, 0.3) is 0 Å². The molecule has 1 aromatic rings.